The van der Waals surface area contributed by atoms with E-state index in [4.69, 9.17) is 4.74 Å². The minimum atomic E-state index is 0.559. The number of nitrogens with zero attached hydrogens (tertiary/aromatic N) is 1. The molecule has 1 aliphatic heterocycles. The monoisotopic (exact) mass is 187 g/mol. The van der Waals surface area contributed by atoms with Crippen molar-refractivity contribution in [2.24, 2.45) is 5.92 Å². The van der Waals surface area contributed by atoms with Crippen molar-refractivity contribution in [3.63, 3.8) is 0 Å². The van der Waals surface area contributed by atoms with E-state index in [0.717, 1.165) is 38.5 Å². The summed E-state index contributed by atoms with van der Waals surface area (Å²) < 4.78 is 5.09. The van der Waals surface area contributed by atoms with Gasteiger partial charge in [0.1, 0.15) is 6.29 Å². The molecular weight excluding hydrogens is 166 g/mol. The van der Waals surface area contributed by atoms with Crippen LogP contribution in [0.5, 0.6) is 0 Å². The Bertz CT molecular complexity index is 117. The third kappa shape index (κ3) is 9.50. The molecule has 3 heteroatoms. The first kappa shape index (κ1) is 12.6. The van der Waals surface area contributed by atoms with Crippen molar-refractivity contribution in [2.45, 2.75) is 20.8 Å². The summed E-state index contributed by atoms with van der Waals surface area (Å²) in [4.78, 5) is 12.1. The minimum absolute atomic E-state index is 0.559. The maximum absolute atomic E-state index is 9.99. The van der Waals surface area contributed by atoms with E-state index in [2.05, 4.69) is 25.7 Å². The predicted molar refractivity (Wildman–Crippen MR) is 53.8 cm³/mol. The second kappa shape index (κ2) is 8.20. The quantitative estimate of drug-likeness (QED) is 0.608. The minimum Gasteiger partial charge on any atom is -0.379 e. The molecule has 0 aliphatic carbocycles. The number of hydrogen-bond acceptors (Lipinski definition) is 3. The van der Waals surface area contributed by atoms with Crippen molar-refractivity contribution in [1.29, 1.82) is 0 Å². The molecule has 0 aromatic rings. The first-order chi connectivity index (χ1) is 6.16. The Hall–Kier alpha value is -0.410. The molecule has 3 nitrogen and oxygen atoms in total. The first-order valence-corrected chi connectivity index (χ1v) is 4.90. The van der Waals surface area contributed by atoms with E-state index in [1.807, 2.05) is 0 Å². The average Bonchev–Trinajstić information content (AvgIpc) is 2.06. The molecule has 78 valence electrons. The van der Waals surface area contributed by atoms with Crippen molar-refractivity contribution in [1.82, 2.24) is 4.90 Å². The summed E-state index contributed by atoms with van der Waals surface area (Å²) in [5, 5.41) is 0. The number of hydrogen-bond donors (Lipinski definition) is 0. The Kier molecular flexibility index (Phi) is 7.94. The number of rotatable bonds is 2. The third-order valence-electron chi connectivity index (χ3n) is 1.44. The Balaban J connectivity index is 0.000000310. The van der Waals surface area contributed by atoms with E-state index >= 15 is 0 Å². The maximum Gasteiger partial charge on any atom is 0.133 e. The summed E-state index contributed by atoms with van der Waals surface area (Å²) in [5.74, 6) is 0.833. The zero-order chi connectivity index (χ0) is 10.1. The van der Waals surface area contributed by atoms with Gasteiger partial charge in [0, 0.05) is 13.1 Å². The summed E-state index contributed by atoms with van der Waals surface area (Å²) in [6, 6.07) is 0. The van der Waals surface area contributed by atoms with Crippen LogP contribution in [0.2, 0.25) is 0 Å². The Morgan fingerprint density at radius 3 is 2.15 bits per heavy atom. The van der Waals surface area contributed by atoms with Gasteiger partial charge in [0.2, 0.25) is 0 Å². The number of carbonyl (C=O) groups excluding carboxylic acids is 1. The Labute approximate surface area is 81.1 Å². The normalized spacial score (nSPS) is 17.8. The summed E-state index contributed by atoms with van der Waals surface area (Å²) >= 11 is 0. The second-order valence-corrected chi connectivity index (χ2v) is 3.81. The molecular formula is C10H21NO2. The highest BCUT2D eigenvalue weighted by atomic mass is 16.5. The van der Waals surface area contributed by atoms with Gasteiger partial charge in [-0.1, -0.05) is 20.8 Å². The van der Waals surface area contributed by atoms with Crippen LogP contribution >= 0.6 is 0 Å². The van der Waals surface area contributed by atoms with Crippen LogP contribution in [0.4, 0.5) is 0 Å². The van der Waals surface area contributed by atoms with Crippen LogP contribution in [-0.2, 0) is 9.53 Å². The predicted octanol–water partition coefficient (Wildman–Crippen LogP) is 1.18. The van der Waals surface area contributed by atoms with E-state index in [-0.39, 0.29) is 0 Å². The van der Waals surface area contributed by atoms with Gasteiger partial charge in [-0.15, -0.1) is 0 Å². The van der Waals surface area contributed by atoms with Crippen LogP contribution in [0.25, 0.3) is 0 Å². The summed E-state index contributed by atoms with van der Waals surface area (Å²) in [5.41, 5.74) is 0. The summed E-state index contributed by atoms with van der Waals surface area (Å²) in [7, 11) is 0. The van der Waals surface area contributed by atoms with Crippen LogP contribution in [0, 0.1) is 5.92 Å². The van der Waals surface area contributed by atoms with Crippen molar-refractivity contribution < 1.29 is 9.53 Å². The molecule has 0 aromatic heterocycles. The van der Waals surface area contributed by atoms with Crippen LogP contribution < -0.4 is 0 Å². The van der Waals surface area contributed by atoms with E-state index in [1.165, 1.54) is 0 Å². The van der Waals surface area contributed by atoms with Gasteiger partial charge >= 0.3 is 0 Å². The molecule has 0 aromatic carbocycles. The lowest BCUT2D eigenvalue weighted by Crippen LogP contribution is -2.37. The lowest BCUT2D eigenvalue weighted by Gasteiger charge is -2.23. The molecule has 0 bridgehead atoms. The Morgan fingerprint density at radius 1 is 1.31 bits per heavy atom. The van der Waals surface area contributed by atoms with E-state index < -0.39 is 0 Å². The van der Waals surface area contributed by atoms with Crippen molar-refractivity contribution in [3.8, 4) is 0 Å². The van der Waals surface area contributed by atoms with Gasteiger partial charge in [-0.3, -0.25) is 4.90 Å². The fourth-order valence-corrected chi connectivity index (χ4v) is 0.889. The van der Waals surface area contributed by atoms with Gasteiger partial charge in [-0.05, 0) is 5.92 Å². The molecule has 0 saturated carbocycles. The van der Waals surface area contributed by atoms with E-state index in [9.17, 15) is 4.79 Å². The summed E-state index contributed by atoms with van der Waals surface area (Å²) in [6.07, 6.45) is 0.936. The maximum atomic E-state index is 9.99. The van der Waals surface area contributed by atoms with E-state index in [1.54, 1.807) is 0 Å². The SMILES string of the molecule is CC(C)C.O=CCN1CCOCC1. The van der Waals surface area contributed by atoms with Gasteiger partial charge < -0.3 is 9.53 Å². The van der Waals surface area contributed by atoms with E-state index in [0.29, 0.717) is 6.54 Å². The molecule has 1 fully saturated rings. The highest BCUT2D eigenvalue weighted by Crippen LogP contribution is 1.93. The zero-order valence-corrected chi connectivity index (χ0v) is 8.95. The van der Waals surface area contributed by atoms with Crippen molar-refractivity contribution in [3.05, 3.63) is 0 Å². The van der Waals surface area contributed by atoms with Crippen LogP contribution in [0.15, 0.2) is 0 Å². The van der Waals surface area contributed by atoms with Crippen LogP contribution in [0.3, 0.4) is 0 Å². The molecule has 1 heterocycles. The fourth-order valence-electron chi connectivity index (χ4n) is 0.889. The smallest absolute Gasteiger partial charge is 0.133 e. The highest BCUT2D eigenvalue weighted by molar-refractivity contribution is 5.51. The number of carbonyl (C=O) groups is 1. The molecule has 0 atom stereocenters. The van der Waals surface area contributed by atoms with Gasteiger partial charge in [0.15, 0.2) is 0 Å². The number of aldehydes is 1. The van der Waals surface area contributed by atoms with Crippen molar-refractivity contribution in [2.75, 3.05) is 32.8 Å². The largest absolute Gasteiger partial charge is 0.379 e. The molecule has 0 N–H and O–H groups in total. The lowest BCUT2D eigenvalue weighted by atomic mass is 10.3. The molecule has 1 rings (SSSR count). The third-order valence-corrected chi connectivity index (χ3v) is 1.44. The second-order valence-electron chi connectivity index (χ2n) is 3.81. The first-order valence-electron chi connectivity index (χ1n) is 4.90. The van der Waals surface area contributed by atoms with Gasteiger partial charge in [0.25, 0.3) is 0 Å². The summed E-state index contributed by atoms with van der Waals surface area (Å²) in [6.45, 7) is 10.4. The average molecular weight is 187 g/mol. The molecule has 0 radical (unpaired) electrons. The van der Waals surface area contributed by atoms with Gasteiger partial charge in [-0.2, -0.15) is 0 Å². The molecule has 1 saturated heterocycles. The van der Waals surface area contributed by atoms with Crippen LogP contribution in [-0.4, -0.2) is 44.0 Å². The topological polar surface area (TPSA) is 29.5 Å². The lowest BCUT2D eigenvalue weighted by molar-refractivity contribution is -0.109. The molecule has 1 aliphatic rings. The number of ether oxygens (including phenoxy) is 1. The molecule has 0 amide bonds. The highest BCUT2D eigenvalue weighted by Gasteiger charge is 2.07. The molecule has 0 unspecified atom stereocenters. The number of morpholine rings is 1. The van der Waals surface area contributed by atoms with Crippen molar-refractivity contribution >= 4 is 6.29 Å². The van der Waals surface area contributed by atoms with Crippen LogP contribution in [0.1, 0.15) is 20.8 Å². The standard InChI is InChI=1S/C6H11NO2.C4H10/c8-4-1-7-2-5-9-6-3-7;1-4(2)3/h4H,1-3,5-6H2;4H,1-3H3. The molecule has 13 heavy (non-hydrogen) atoms. The molecule has 0 spiro atoms. The Morgan fingerprint density at radius 2 is 1.77 bits per heavy atom. The van der Waals surface area contributed by atoms with Gasteiger partial charge in [-0.25, -0.2) is 0 Å². The fraction of sp³-hybridized carbons (Fsp3) is 0.900. The zero-order valence-electron chi connectivity index (χ0n) is 8.95. The van der Waals surface area contributed by atoms with Gasteiger partial charge in [0.05, 0.1) is 19.8 Å².